The molecule has 0 fully saturated rings. The van der Waals surface area contributed by atoms with Crippen LogP contribution in [0.4, 0.5) is 10.5 Å². The Hall–Kier alpha value is -3.42. The third-order valence-corrected chi connectivity index (χ3v) is 5.00. The fraction of sp³-hybridized carbons (Fsp3) is 0.417. The third kappa shape index (κ3) is 5.07. The molecule has 0 unspecified atom stereocenters. The first-order chi connectivity index (χ1) is 15.0. The average Bonchev–Trinajstić information content (AvgIpc) is 2.98. The van der Waals surface area contributed by atoms with E-state index in [0.717, 1.165) is 22.3 Å². The van der Waals surface area contributed by atoms with Crippen LogP contribution in [0.5, 0.6) is 0 Å². The number of nitrogens with zero attached hydrogens (tertiary/aromatic N) is 4. The molecular formula is C24H31N5O3. The van der Waals surface area contributed by atoms with Crippen LogP contribution in [0.2, 0.25) is 0 Å². The monoisotopic (exact) mass is 437 g/mol. The zero-order chi connectivity index (χ0) is 23.6. The van der Waals surface area contributed by atoms with Gasteiger partial charge in [0.25, 0.3) is 5.91 Å². The van der Waals surface area contributed by atoms with Gasteiger partial charge in [-0.15, -0.1) is 0 Å². The van der Waals surface area contributed by atoms with Crippen LogP contribution in [0.25, 0.3) is 11.0 Å². The lowest BCUT2D eigenvalue weighted by atomic mass is 10.1. The van der Waals surface area contributed by atoms with E-state index in [1.54, 1.807) is 15.6 Å². The highest BCUT2D eigenvalue weighted by Crippen LogP contribution is 2.24. The third-order valence-electron chi connectivity index (χ3n) is 5.00. The lowest BCUT2D eigenvalue weighted by molar-refractivity contribution is 0.0245. The highest BCUT2D eigenvalue weighted by Gasteiger charge is 2.23. The summed E-state index contributed by atoms with van der Waals surface area (Å²) in [7, 11) is 1.81. The number of carbonyl (C=O) groups is 2. The van der Waals surface area contributed by atoms with Crippen molar-refractivity contribution >= 4 is 28.7 Å². The number of anilines is 1. The molecule has 0 radical (unpaired) electrons. The summed E-state index contributed by atoms with van der Waals surface area (Å²) < 4.78 is 7.20. The number of hydrogen-bond acceptors (Lipinski definition) is 5. The topological polar surface area (TPSA) is 89.4 Å². The van der Waals surface area contributed by atoms with Crippen molar-refractivity contribution in [3.05, 3.63) is 52.8 Å². The Morgan fingerprint density at radius 3 is 2.53 bits per heavy atom. The first kappa shape index (κ1) is 23.2. The van der Waals surface area contributed by atoms with E-state index in [9.17, 15) is 9.59 Å². The van der Waals surface area contributed by atoms with Crippen LogP contribution in [0.3, 0.4) is 0 Å². The van der Waals surface area contributed by atoms with Gasteiger partial charge in [-0.3, -0.25) is 9.48 Å². The SMILES string of the molecule is CCN(Cc1ccccc1NC(=O)c1cc(C)nc2c1c(C)nn2C)C(=O)OC(C)(C)C. The maximum absolute atomic E-state index is 13.3. The minimum atomic E-state index is -0.579. The number of fused-ring (bicyclic) bond motifs is 1. The Kier molecular flexibility index (Phi) is 6.52. The van der Waals surface area contributed by atoms with Gasteiger partial charge in [-0.05, 0) is 59.2 Å². The van der Waals surface area contributed by atoms with Gasteiger partial charge in [-0.2, -0.15) is 5.10 Å². The molecule has 0 aliphatic carbocycles. The van der Waals surface area contributed by atoms with Crippen molar-refractivity contribution < 1.29 is 14.3 Å². The van der Waals surface area contributed by atoms with Gasteiger partial charge >= 0.3 is 6.09 Å². The molecule has 2 amide bonds. The summed E-state index contributed by atoms with van der Waals surface area (Å²) in [6, 6.07) is 9.23. The molecule has 2 heterocycles. The van der Waals surface area contributed by atoms with Gasteiger partial charge < -0.3 is 15.0 Å². The van der Waals surface area contributed by atoms with E-state index < -0.39 is 11.7 Å². The smallest absolute Gasteiger partial charge is 0.410 e. The summed E-state index contributed by atoms with van der Waals surface area (Å²) >= 11 is 0. The number of carbonyl (C=O) groups excluding carboxylic acids is 2. The van der Waals surface area contributed by atoms with Gasteiger partial charge in [-0.25, -0.2) is 9.78 Å². The number of aryl methyl sites for hydroxylation is 3. The van der Waals surface area contributed by atoms with Crippen molar-refractivity contribution in [2.75, 3.05) is 11.9 Å². The van der Waals surface area contributed by atoms with Gasteiger partial charge in [0.1, 0.15) is 5.60 Å². The summed E-state index contributed by atoms with van der Waals surface area (Å²) in [6.45, 7) is 11.9. The van der Waals surface area contributed by atoms with Crippen molar-refractivity contribution in [2.45, 2.75) is 53.7 Å². The molecule has 0 saturated heterocycles. The van der Waals surface area contributed by atoms with E-state index in [1.807, 2.05) is 72.9 Å². The summed E-state index contributed by atoms with van der Waals surface area (Å²) in [4.78, 5) is 32.0. The molecule has 3 rings (SSSR count). The zero-order valence-electron chi connectivity index (χ0n) is 19.8. The fourth-order valence-electron chi connectivity index (χ4n) is 3.56. The number of pyridine rings is 1. The van der Waals surface area contributed by atoms with Gasteiger partial charge in [0.05, 0.1) is 23.2 Å². The predicted molar refractivity (Wildman–Crippen MR) is 125 cm³/mol. The normalized spacial score (nSPS) is 11.5. The molecule has 8 heteroatoms. The summed E-state index contributed by atoms with van der Waals surface area (Å²) in [5.41, 5.74) is 3.55. The van der Waals surface area contributed by atoms with E-state index in [1.165, 1.54) is 0 Å². The first-order valence-electron chi connectivity index (χ1n) is 10.7. The highest BCUT2D eigenvalue weighted by molar-refractivity contribution is 6.12. The molecule has 3 aromatic rings. The van der Waals surface area contributed by atoms with Crippen molar-refractivity contribution in [3.8, 4) is 0 Å². The summed E-state index contributed by atoms with van der Waals surface area (Å²) in [5, 5.41) is 8.16. The second-order valence-electron chi connectivity index (χ2n) is 8.82. The Morgan fingerprint density at radius 1 is 1.19 bits per heavy atom. The molecule has 0 saturated carbocycles. The molecule has 8 nitrogen and oxygen atoms in total. The van der Waals surface area contributed by atoms with E-state index in [-0.39, 0.29) is 5.91 Å². The molecule has 0 atom stereocenters. The largest absolute Gasteiger partial charge is 0.444 e. The van der Waals surface area contributed by atoms with Gasteiger partial charge in [0.15, 0.2) is 5.65 Å². The van der Waals surface area contributed by atoms with Crippen LogP contribution in [-0.2, 0) is 18.3 Å². The van der Waals surface area contributed by atoms with Crippen LogP contribution in [-0.4, -0.2) is 43.8 Å². The molecule has 0 bridgehead atoms. The number of nitrogens with one attached hydrogen (secondary N) is 1. The molecule has 32 heavy (non-hydrogen) atoms. The number of benzene rings is 1. The minimum absolute atomic E-state index is 0.246. The van der Waals surface area contributed by atoms with E-state index in [0.29, 0.717) is 30.0 Å². The first-order valence-corrected chi connectivity index (χ1v) is 10.7. The standard InChI is InChI=1S/C24H31N5O3/c1-8-29(23(31)32-24(4,5)6)14-17-11-9-10-12-19(17)26-22(30)18-13-15(2)25-21-20(18)16(3)27-28(21)7/h9-13H,8,14H2,1-7H3,(H,26,30). The minimum Gasteiger partial charge on any atom is -0.444 e. The lowest BCUT2D eigenvalue weighted by Gasteiger charge is -2.27. The van der Waals surface area contributed by atoms with Crippen LogP contribution in [0.1, 0.15) is 55.0 Å². The number of amides is 2. The van der Waals surface area contributed by atoms with E-state index in [2.05, 4.69) is 15.4 Å². The quantitative estimate of drug-likeness (QED) is 0.630. The maximum atomic E-state index is 13.3. The number of aromatic nitrogens is 3. The predicted octanol–water partition coefficient (Wildman–Crippen LogP) is 4.59. The van der Waals surface area contributed by atoms with Crippen LogP contribution < -0.4 is 5.32 Å². The van der Waals surface area contributed by atoms with Crippen molar-refractivity contribution in [3.63, 3.8) is 0 Å². The molecule has 0 aliphatic rings. The molecule has 1 aromatic carbocycles. The Bertz CT molecular complexity index is 1160. The number of ether oxygens (including phenoxy) is 1. The van der Waals surface area contributed by atoms with Crippen molar-refractivity contribution in [2.24, 2.45) is 7.05 Å². The van der Waals surface area contributed by atoms with Crippen LogP contribution in [0.15, 0.2) is 30.3 Å². The molecule has 2 aromatic heterocycles. The maximum Gasteiger partial charge on any atom is 0.410 e. The summed E-state index contributed by atoms with van der Waals surface area (Å²) in [5.74, 6) is -0.246. The second kappa shape index (κ2) is 8.98. The number of para-hydroxylation sites is 1. The van der Waals surface area contributed by atoms with Gasteiger partial charge in [0.2, 0.25) is 0 Å². The van der Waals surface area contributed by atoms with E-state index in [4.69, 9.17) is 4.74 Å². The summed E-state index contributed by atoms with van der Waals surface area (Å²) in [6.07, 6.45) is -0.390. The zero-order valence-corrected chi connectivity index (χ0v) is 19.8. The molecule has 0 spiro atoms. The Balaban J connectivity index is 1.89. The average molecular weight is 438 g/mol. The van der Waals surface area contributed by atoms with Gasteiger partial charge in [0, 0.05) is 25.0 Å². The second-order valence-corrected chi connectivity index (χ2v) is 8.82. The molecule has 1 N–H and O–H groups in total. The van der Waals surface area contributed by atoms with Crippen LogP contribution >= 0.6 is 0 Å². The lowest BCUT2D eigenvalue weighted by Crippen LogP contribution is -2.36. The van der Waals surface area contributed by atoms with E-state index >= 15 is 0 Å². The fourth-order valence-corrected chi connectivity index (χ4v) is 3.56. The van der Waals surface area contributed by atoms with Crippen molar-refractivity contribution in [1.29, 1.82) is 0 Å². The Labute approximate surface area is 188 Å². The molecular weight excluding hydrogens is 406 g/mol. The molecule has 0 aliphatic heterocycles. The molecule has 170 valence electrons. The van der Waals surface area contributed by atoms with Crippen molar-refractivity contribution in [1.82, 2.24) is 19.7 Å². The number of hydrogen-bond donors (Lipinski definition) is 1. The Morgan fingerprint density at radius 2 is 1.88 bits per heavy atom. The van der Waals surface area contributed by atoms with Crippen LogP contribution in [0, 0.1) is 13.8 Å². The number of rotatable bonds is 5. The van der Waals surface area contributed by atoms with Gasteiger partial charge in [-0.1, -0.05) is 18.2 Å². The highest BCUT2D eigenvalue weighted by atomic mass is 16.6.